The van der Waals surface area contributed by atoms with E-state index in [9.17, 15) is 14.4 Å². The highest BCUT2D eigenvalue weighted by atomic mass is 16.5. The number of methoxy groups -OCH3 is 2. The standard InChI is InChI=1S/C22H24N2O5/c1-23(13-12-15-4-9-18(28-2)19(14-15)29-3)22(27)16-5-7-17(8-6-16)24-20(25)10-11-21(24)26/h4-9,14H,10-13H2,1-3H3. The van der Waals surface area contributed by atoms with E-state index >= 15 is 0 Å². The van der Waals surface area contributed by atoms with Crippen LogP contribution in [0.5, 0.6) is 11.5 Å². The van der Waals surface area contributed by atoms with Gasteiger partial charge < -0.3 is 14.4 Å². The first-order valence-electron chi connectivity index (χ1n) is 9.37. The van der Waals surface area contributed by atoms with Crippen molar-refractivity contribution < 1.29 is 23.9 Å². The average Bonchev–Trinajstić information content (AvgIpc) is 3.09. The average molecular weight is 396 g/mol. The fourth-order valence-electron chi connectivity index (χ4n) is 3.27. The molecular formula is C22H24N2O5. The van der Waals surface area contributed by atoms with Crippen LogP contribution in [-0.2, 0) is 16.0 Å². The first-order chi connectivity index (χ1) is 13.9. The van der Waals surface area contributed by atoms with Crippen molar-refractivity contribution in [2.45, 2.75) is 19.3 Å². The number of anilines is 1. The van der Waals surface area contributed by atoms with Gasteiger partial charge in [-0.25, -0.2) is 0 Å². The number of ether oxygens (including phenoxy) is 2. The van der Waals surface area contributed by atoms with Gasteiger partial charge in [-0.1, -0.05) is 6.07 Å². The zero-order valence-electron chi connectivity index (χ0n) is 16.8. The minimum atomic E-state index is -0.207. The Labute approximate surface area is 169 Å². The van der Waals surface area contributed by atoms with Crippen molar-refractivity contribution in [3.05, 3.63) is 53.6 Å². The molecule has 1 heterocycles. The third kappa shape index (κ3) is 4.39. The number of nitrogens with zero attached hydrogens (tertiary/aromatic N) is 2. The Bertz CT molecular complexity index is 907. The van der Waals surface area contributed by atoms with Crippen molar-refractivity contribution >= 4 is 23.4 Å². The molecule has 1 saturated heterocycles. The molecule has 0 spiro atoms. The van der Waals surface area contributed by atoms with Crippen LogP contribution in [0.1, 0.15) is 28.8 Å². The van der Waals surface area contributed by atoms with Gasteiger partial charge in [0.1, 0.15) is 0 Å². The molecule has 7 heteroatoms. The van der Waals surface area contributed by atoms with E-state index < -0.39 is 0 Å². The summed E-state index contributed by atoms with van der Waals surface area (Å²) in [7, 11) is 4.92. The SMILES string of the molecule is COc1ccc(CCN(C)C(=O)c2ccc(N3C(=O)CCC3=O)cc2)cc1OC. The molecule has 0 bridgehead atoms. The quantitative estimate of drug-likeness (QED) is 0.673. The summed E-state index contributed by atoms with van der Waals surface area (Å²) >= 11 is 0. The van der Waals surface area contributed by atoms with Crippen LogP contribution < -0.4 is 14.4 Å². The van der Waals surface area contributed by atoms with Crippen molar-refractivity contribution in [1.29, 1.82) is 0 Å². The Balaban J connectivity index is 1.63. The number of hydrogen-bond acceptors (Lipinski definition) is 5. The smallest absolute Gasteiger partial charge is 0.253 e. The Hall–Kier alpha value is -3.35. The molecule has 3 rings (SSSR count). The Morgan fingerprint density at radius 3 is 2.17 bits per heavy atom. The molecule has 0 atom stereocenters. The van der Waals surface area contributed by atoms with Gasteiger partial charge in [0.2, 0.25) is 11.8 Å². The largest absolute Gasteiger partial charge is 0.493 e. The second kappa shape index (κ2) is 8.77. The molecule has 29 heavy (non-hydrogen) atoms. The molecule has 2 aromatic carbocycles. The van der Waals surface area contributed by atoms with Gasteiger partial charge in [0, 0.05) is 32.0 Å². The fraction of sp³-hybridized carbons (Fsp3) is 0.318. The number of benzene rings is 2. The summed E-state index contributed by atoms with van der Waals surface area (Å²) in [5, 5.41) is 0. The lowest BCUT2D eigenvalue weighted by Crippen LogP contribution is -2.30. The highest BCUT2D eigenvalue weighted by Crippen LogP contribution is 2.28. The van der Waals surface area contributed by atoms with Crippen LogP contribution in [0.15, 0.2) is 42.5 Å². The molecule has 0 radical (unpaired) electrons. The molecule has 7 nitrogen and oxygen atoms in total. The van der Waals surface area contributed by atoms with E-state index in [-0.39, 0.29) is 30.6 Å². The number of likely N-dealkylation sites (N-methyl/N-ethyl adjacent to an activating group) is 1. The maximum atomic E-state index is 12.7. The van der Waals surface area contributed by atoms with Crippen molar-refractivity contribution in [2.24, 2.45) is 0 Å². The monoisotopic (exact) mass is 396 g/mol. The molecule has 1 aliphatic rings. The van der Waals surface area contributed by atoms with E-state index in [1.54, 1.807) is 50.4 Å². The minimum Gasteiger partial charge on any atom is -0.493 e. The third-order valence-corrected chi connectivity index (χ3v) is 4.95. The minimum absolute atomic E-state index is 0.129. The van der Waals surface area contributed by atoms with E-state index in [0.717, 1.165) is 5.56 Å². The Morgan fingerprint density at radius 2 is 1.59 bits per heavy atom. The van der Waals surface area contributed by atoms with Crippen LogP contribution in [0.2, 0.25) is 0 Å². The molecule has 1 fully saturated rings. The molecule has 152 valence electrons. The van der Waals surface area contributed by atoms with Gasteiger partial charge in [-0.05, 0) is 48.4 Å². The van der Waals surface area contributed by atoms with Crippen LogP contribution in [0.25, 0.3) is 0 Å². The first kappa shape index (κ1) is 20.4. The van der Waals surface area contributed by atoms with Crippen LogP contribution in [-0.4, -0.2) is 50.4 Å². The topological polar surface area (TPSA) is 76.2 Å². The molecule has 1 aliphatic heterocycles. The summed E-state index contributed by atoms with van der Waals surface area (Å²) in [6, 6.07) is 12.2. The second-order valence-electron chi connectivity index (χ2n) is 6.84. The number of carbonyl (C=O) groups excluding carboxylic acids is 3. The van der Waals surface area contributed by atoms with Crippen molar-refractivity contribution in [3.63, 3.8) is 0 Å². The molecule has 3 amide bonds. The lowest BCUT2D eigenvalue weighted by atomic mass is 10.1. The number of imide groups is 1. The molecule has 0 aliphatic carbocycles. The third-order valence-electron chi connectivity index (χ3n) is 4.95. The van der Waals surface area contributed by atoms with Gasteiger partial charge in [-0.15, -0.1) is 0 Å². The predicted molar refractivity (Wildman–Crippen MR) is 108 cm³/mol. The summed E-state index contributed by atoms with van der Waals surface area (Å²) in [4.78, 5) is 39.2. The van der Waals surface area contributed by atoms with E-state index in [2.05, 4.69) is 0 Å². The normalized spacial score (nSPS) is 13.6. The molecule has 0 N–H and O–H groups in total. The summed E-state index contributed by atoms with van der Waals surface area (Å²) < 4.78 is 10.5. The predicted octanol–water partition coefficient (Wildman–Crippen LogP) is 2.67. The van der Waals surface area contributed by atoms with Crippen LogP contribution in [0.4, 0.5) is 5.69 Å². The van der Waals surface area contributed by atoms with E-state index in [1.165, 1.54) is 4.90 Å². The fourth-order valence-corrected chi connectivity index (χ4v) is 3.27. The molecule has 0 saturated carbocycles. The van der Waals surface area contributed by atoms with Gasteiger partial charge in [0.15, 0.2) is 11.5 Å². The van der Waals surface area contributed by atoms with E-state index in [0.29, 0.717) is 35.7 Å². The molecule has 0 aromatic heterocycles. The van der Waals surface area contributed by atoms with Crippen LogP contribution in [0, 0.1) is 0 Å². The summed E-state index contributed by atoms with van der Waals surface area (Å²) in [6.45, 7) is 0.527. The molecule has 0 unspecified atom stereocenters. The molecule has 2 aromatic rings. The maximum Gasteiger partial charge on any atom is 0.253 e. The van der Waals surface area contributed by atoms with Crippen LogP contribution >= 0.6 is 0 Å². The lowest BCUT2D eigenvalue weighted by molar-refractivity contribution is -0.121. The lowest BCUT2D eigenvalue weighted by Gasteiger charge is -2.19. The van der Waals surface area contributed by atoms with Crippen molar-refractivity contribution in [1.82, 2.24) is 4.90 Å². The highest BCUT2D eigenvalue weighted by Gasteiger charge is 2.30. The Kier molecular flexibility index (Phi) is 6.16. The van der Waals surface area contributed by atoms with Crippen LogP contribution in [0.3, 0.4) is 0 Å². The van der Waals surface area contributed by atoms with Gasteiger partial charge in [0.05, 0.1) is 19.9 Å². The summed E-state index contributed by atoms with van der Waals surface area (Å²) in [6.07, 6.45) is 1.13. The van der Waals surface area contributed by atoms with Gasteiger partial charge in [-0.3, -0.25) is 19.3 Å². The van der Waals surface area contributed by atoms with Crippen molar-refractivity contribution in [3.8, 4) is 11.5 Å². The Morgan fingerprint density at radius 1 is 0.966 bits per heavy atom. The number of carbonyl (C=O) groups is 3. The number of hydrogen-bond donors (Lipinski definition) is 0. The van der Waals surface area contributed by atoms with Gasteiger partial charge >= 0.3 is 0 Å². The summed E-state index contributed by atoms with van der Waals surface area (Å²) in [5.41, 5.74) is 2.04. The van der Waals surface area contributed by atoms with Gasteiger partial charge in [-0.2, -0.15) is 0 Å². The second-order valence-corrected chi connectivity index (χ2v) is 6.84. The van der Waals surface area contributed by atoms with Gasteiger partial charge in [0.25, 0.3) is 5.91 Å². The number of amides is 3. The summed E-state index contributed by atoms with van der Waals surface area (Å²) in [5.74, 6) is 0.773. The van der Waals surface area contributed by atoms with Crippen molar-refractivity contribution in [2.75, 3.05) is 32.7 Å². The zero-order chi connectivity index (χ0) is 21.0. The van der Waals surface area contributed by atoms with E-state index in [4.69, 9.17) is 9.47 Å². The highest BCUT2D eigenvalue weighted by molar-refractivity contribution is 6.19. The maximum absolute atomic E-state index is 12.7. The van der Waals surface area contributed by atoms with E-state index in [1.807, 2.05) is 18.2 Å². The zero-order valence-corrected chi connectivity index (χ0v) is 16.8. The first-order valence-corrected chi connectivity index (χ1v) is 9.37. The molecular weight excluding hydrogens is 372 g/mol. The number of rotatable bonds is 7.